The Kier molecular flexibility index (Phi) is 2.73. The Morgan fingerprint density at radius 2 is 2.13 bits per heavy atom. The third-order valence-corrected chi connectivity index (χ3v) is 1.86. The predicted molar refractivity (Wildman–Crippen MR) is 55.2 cm³/mol. The highest BCUT2D eigenvalue weighted by Gasteiger charge is 2.05. The van der Waals surface area contributed by atoms with Crippen LogP contribution in [0.2, 0.25) is 0 Å². The van der Waals surface area contributed by atoms with Gasteiger partial charge in [-0.2, -0.15) is 15.4 Å². The second kappa shape index (κ2) is 4.36. The number of nitrogens with zero attached hydrogens (tertiary/aromatic N) is 2. The van der Waals surface area contributed by atoms with Gasteiger partial charge in [-0.25, -0.2) is 0 Å². The fourth-order valence-electron chi connectivity index (χ4n) is 1.20. The molecule has 5 heteroatoms. The van der Waals surface area contributed by atoms with Gasteiger partial charge in [-0.15, -0.1) is 0 Å². The van der Waals surface area contributed by atoms with Crippen LogP contribution in [0.4, 0.5) is 5.69 Å². The topological polar surface area (TPSA) is 70.7 Å². The van der Waals surface area contributed by atoms with Gasteiger partial charge in [-0.1, -0.05) is 18.2 Å². The minimum absolute atomic E-state index is 0.102. The first-order valence-corrected chi connectivity index (χ1v) is 4.54. The van der Waals surface area contributed by atoms with Crippen molar-refractivity contribution in [3.05, 3.63) is 42.2 Å². The van der Waals surface area contributed by atoms with Gasteiger partial charge in [0.1, 0.15) is 0 Å². The molecule has 0 aliphatic carbocycles. The summed E-state index contributed by atoms with van der Waals surface area (Å²) in [5.41, 5.74) is 1.41. The monoisotopic (exact) mass is 202 g/mol. The summed E-state index contributed by atoms with van der Waals surface area (Å²) in [6, 6.07) is 9.30. The molecule has 2 aromatic rings. The van der Waals surface area contributed by atoms with Crippen LogP contribution in [0, 0.1) is 0 Å². The first kappa shape index (κ1) is 9.39. The molecule has 0 atom stereocenters. The minimum atomic E-state index is -0.102. The molecule has 0 aliphatic rings. The molecule has 0 bridgehead atoms. The molecule has 2 rings (SSSR count). The van der Waals surface area contributed by atoms with Crippen molar-refractivity contribution < 1.29 is 4.79 Å². The second-order valence-corrected chi connectivity index (χ2v) is 3.05. The molecule has 0 unspecified atom stereocenters. The molecule has 1 heterocycles. The van der Waals surface area contributed by atoms with Crippen LogP contribution in [0.3, 0.4) is 0 Å². The van der Waals surface area contributed by atoms with Crippen molar-refractivity contribution >= 4 is 11.6 Å². The van der Waals surface area contributed by atoms with E-state index >= 15 is 0 Å². The number of hydrogen-bond donors (Lipinski definition) is 2. The molecule has 0 aliphatic heterocycles. The van der Waals surface area contributed by atoms with Crippen molar-refractivity contribution in [3.63, 3.8) is 0 Å². The molecule has 15 heavy (non-hydrogen) atoms. The maximum absolute atomic E-state index is 11.5. The lowest BCUT2D eigenvalue weighted by atomic mass is 10.3. The summed E-state index contributed by atoms with van der Waals surface area (Å²) in [5.74, 6) is -0.102. The standard InChI is InChI=1S/C10H10N4O/c15-10(6-9-7-11-14-13-9)12-8-4-2-1-3-5-8/h1-5,7H,6H2,(H,12,15)(H,11,13,14). The van der Waals surface area contributed by atoms with E-state index in [-0.39, 0.29) is 12.3 Å². The van der Waals surface area contributed by atoms with E-state index in [1.165, 1.54) is 6.20 Å². The van der Waals surface area contributed by atoms with Crippen LogP contribution in [-0.4, -0.2) is 21.3 Å². The van der Waals surface area contributed by atoms with E-state index in [1.807, 2.05) is 30.3 Å². The van der Waals surface area contributed by atoms with Gasteiger partial charge in [0.25, 0.3) is 0 Å². The molecule has 76 valence electrons. The van der Waals surface area contributed by atoms with Gasteiger partial charge in [0.15, 0.2) is 0 Å². The van der Waals surface area contributed by atoms with Gasteiger partial charge in [0.2, 0.25) is 5.91 Å². The van der Waals surface area contributed by atoms with Gasteiger partial charge in [-0.3, -0.25) is 4.79 Å². The van der Waals surface area contributed by atoms with Crippen LogP contribution in [0.15, 0.2) is 36.5 Å². The van der Waals surface area contributed by atoms with E-state index in [1.54, 1.807) is 0 Å². The molecule has 2 N–H and O–H groups in total. The lowest BCUT2D eigenvalue weighted by Crippen LogP contribution is -2.14. The number of carbonyl (C=O) groups excluding carboxylic acids is 1. The fraction of sp³-hybridized carbons (Fsp3) is 0.100. The Morgan fingerprint density at radius 1 is 1.33 bits per heavy atom. The summed E-state index contributed by atoms with van der Waals surface area (Å²) in [5, 5.41) is 12.6. The lowest BCUT2D eigenvalue weighted by Gasteiger charge is -2.02. The molecule has 0 spiro atoms. The number of aromatic amines is 1. The van der Waals surface area contributed by atoms with Crippen LogP contribution in [0.1, 0.15) is 5.69 Å². The minimum Gasteiger partial charge on any atom is -0.326 e. The zero-order chi connectivity index (χ0) is 10.5. The number of H-pyrrole nitrogens is 1. The predicted octanol–water partition coefficient (Wildman–Crippen LogP) is 0.986. The number of aromatic nitrogens is 3. The summed E-state index contributed by atoms with van der Waals surface area (Å²) >= 11 is 0. The van der Waals surface area contributed by atoms with Crippen LogP contribution in [-0.2, 0) is 11.2 Å². The highest BCUT2D eigenvalue weighted by molar-refractivity contribution is 5.91. The van der Waals surface area contributed by atoms with Crippen LogP contribution in [0.25, 0.3) is 0 Å². The molecule has 0 radical (unpaired) electrons. The Bertz CT molecular complexity index is 424. The number of para-hydroxylation sites is 1. The van der Waals surface area contributed by atoms with Crippen molar-refractivity contribution in [2.24, 2.45) is 0 Å². The van der Waals surface area contributed by atoms with Gasteiger partial charge >= 0.3 is 0 Å². The summed E-state index contributed by atoms with van der Waals surface area (Å²) in [4.78, 5) is 11.5. The fourth-order valence-corrected chi connectivity index (χ4v) is 1.20. The van der Waals surface area contributed by atoms with E-state index in [2.05, 4.69) is 20.7 Å². The largest absolute Gasteiger partial charge is 0.326 e. The molecule has 0 saturated carbocycles. The number of anilines is 1. The van der Waals surface area contributed by atoms with Crippen LogP contribution < -0.4 is 5.32 Å². The Hall–Kier alpha value is -2.17. The molecule has 0 saturated heterocycles. The smallest absolute Gasteiger partial charge is 0.230 e. The summed E-state index contributed by atoms with van der Waals surface area (Å²) < 4.78 is 0. The molecule has 1 amide bonds. The second-order valence-electron chi connectivity index (χ2n) is 3.05. The number of benzene rings is 1. The van der Waals surface area contributed by atoms with Crippen molar-refractivity contribution in [3.8, 4) is 0 Å². The molecule has 1 aromatic carbocycles. The molecule has 0 fully saturated rings. The highest BCUT2D eigenvalue weighted by atomic mass is 16.1. The van der Waals surface area contributed by atoms with Crippen molar-refractivity contribution in [2.75, 3.05) is 5.32 Å². The van der Waals surface area contributed by atoms with Crippen molar-refractivity contribution in [1.82, 2.24) is 15.4 Å². The number of rotatable bonds is 3. The summed E-state index contributed by atoms with van der Waals surface area (Å²) in [7, 11) is 0. The van der Waals surface area contributed by atoms with Crippen molar-refractivity contribution in [2.45, 2.75) is 6.42 Å². The van der Waals surface area contributed by atoms with Crippen LogP contribution in [0.5, 0.6) is 0 Å². The quantitative estimate of drug-likeness (QED) is 0.779. The Morgan fingerprint density at radius 3 is 2.80 bits per heavy atom. The molecule has 1 aromatic heterocycles. The third-order valence-electron chi connectivity index (χ3n) is 1.86. The normalized spacial score (nSPS) is 9.87. The SMILES string of the molecule is O=C(Cc1cn[nH]n1)Nc1ccccc1. The number of nitrogens with one attached hydrogen (secondary N) is 2. The maximum atomic E-state index is 11.5. The number of amides is 1. The van der Waals surface area contributed by atoms with Crippen LogP contribution >= 0.6 is 0 Å². The molecular weight excluding hydrogens is 192 g/mol. The zero-order valence-electron chi connectivity index (χ0n) is 7.97. The average molecular weight is 202 g/mol. The first-order chi connectivity index (χ1) is 7.34. The number of hydrogen-bond acceptors (Lipinski definition) is 3. The lowest BCUT2D eigenvalue weighted by molar-refractivity contribution is -0.115. The maximum Gasteiger partial charge on any atom is 0.230 e. The van der Waals surface area contributed by atoms with Gasteiger partial charge < -0.3 is 5.32 Å². The third kappa shape index (κ3) is 2.63. The van der Waals surface area contributed by atoms with E-state index < -0.39 is 0 Å². The van der Waals surface area contributed by atoms with E-state index in [0.29, 0.717) is 5.69 Å². The van der Waals surface area contributed by atoms with E-state index in [9.17, 15) is 4.79 Å². The van der Waals surface area contributed by atoms with E-state index in [0.717, 1.165) is 5.69 Å². The molecular formula is C10H10N4O. The van der Waals surface area contributed by atoms with Gasteiger partial charge in [-0.05, 0) is 12.1 Å². The van der Waals surface area contributed by atoms with Gasteiger partial charge in [0, 0.05) is 5.69 Å². The summed E-state index contributed by atoms with van der Waals surface area (Å²) in [6.45, 7) is 0. The average Bonchev–Trinajstić information content (AvgIpc) is 2.71. The number of carbonyl (C=O) groups is 1. The zero-order valence-corrected chi connectivity index (χ0v) is 7.97. The first-order valence-electron chi connectivity index (χ1n) is 4.54. The van der Waals surface area contributed by atoms with E-state index in [4.69, 9.17) is 0 Å². The van der Waals surface area contributed by atoms with Crippen molar-refractivity contribution in [1.29, 1.82) is 0 Å². The highest BCUT2D eigenvalue weighted by Crippen LogP contribution is 2.05. The summed E-state index contributed by atoms with van der Waals surface area (Å²) in [6.07, 6.45) is 1.76. The van der Waals surface area contributed by atoms with Gasteiger partial charge in [0.05, 0.1) is 18.3 Å². The Balaban J connectivity index is 1.94. The Labute approximate surface area is 86.5 Å². The molecule has 5 nitrogen and oxygen atoms in total.